The van der Waals surface area contributed by atoms with Crippen LogP contribution in [0.15, 0.2) is 30.3 Å². The normalized spacial score (nSPS) is 10.7. The Bertz CT molecular complexity index is 788. The number of hydrogen-bond acceptors (Lipinski definition) is 5. The van der Waals surface area contributed by atoms with Crippen LogP contribution in [0.2, 0.25) is 0 Å². The van der Waals surface area contributed by atoms with Gasteiger partial charge in [-0.05, 0) is 32.0 Å². The topological polar surface area (TPSA) is 95.6 Å². The van der Waals surface area contributed by atoms with Gasteiger partial charge in [0, 0.05) is 24.2 Å². The first-order valence-electron chi connectivity index (χ1n) is 7.41. The number of nitrogens with zero attached hydrogens (tertiary/aromatic N) is 3. The number of carbonyl (C=O) groups excluding carboxylic acids is 1. The van der Waals surface area contributed by atoms with Crippen LogP contribution in [0.1, 0.15) is 23.6 Å². The number of hydrogen-bond donors (Lipinski definition) is 3. The fraction of sp³-hybridized carbons (Fsp3) is 0.250. The molecule has 3 aromatic rings. The summed E-state index contributed by atoms with van der Waals surface area (Å²) < 4.78 is 0. The summed E-state index contributed by atoms with van der Waals surface area (Å²) in [6.45, 7) is 3.76. The number of aromatic amines is 1. The van der Waals surface area contributed by atoms with Crippen LogP contribution in [0.3, 0.4) is 0 Å². The summed E-state index contributed by atoms with van der Waals surface area (Å²) in [6, 6.07) is 9.66. The van der Waals surface area contributed by atoms with Crippen molar-refractivity contribution in [3.05, 3.63) is 47.5 Å². The number of fused-ring (bicyclic) bond motifs is 1. The lowest BCUT2D eigenvalue weighted by atomic mass is 10.3. The van der Waals surface area contributed by atoms with E-state index in [4.69, 9.17) is 0 Å². The molecule has 0 radical (unpaired) electrons. The third-order valence-corrected chi connectivity index (χ3v) is 3.32. The number of amides is 1. The van der Waals surface area contributed by atoms with Crippen molar-refractivity contribution in [3.8, 4) is 0 Å². The molecule has 0 spiro atoms. The second kappa shape index (κ2) is 6.43. The van der Waals surface area contributed by atoms with Gasteiger partial charge in [-0.15, -0.1) is 0 Å². The Morgan fingerprint density at radius 3 is 2.61 bits per heavy atom. The Kier molecular flexibility index (Phi) is 4.18. The molecular weight excluding hydrogens is 292 g/mol. The van der Waals surface area contributed by atoms with Gasteiger partial charge < -0.3 is 4.98 Å². The van der Waals surface area contributed by atoms with Gasteiger partial charge in [-0.3, -0.25) is 15.6 Å². The number of para-hydroxylation sites is 2. The molecule has 0 fully saturated rings. The molecule has 118 valence electrons. The predicted octanol–water partition coefficient (Wildman–Crippen LogP) is 2.05. The molecule has 1 aromatic carbocycles. The lowest BCUT2D eigenvalue weighted by molar-refractivity contribution is -0.120. The number of aromatic nitrogens is 4. The Hall–Kier alpha value is -2.96. The highest BCUT2D eigenvalue weighted by atomic mass is 16.2. The molecule has 0 saturated heterocycles. The minimum Gasteiger partial charge on any atom is -0.342 e. The van der Waals surface area contributed by atoms with E-state index in [0.29, 0.717) is 18.8 Å². The van der Waals surface area contributed by atoms with Gasteiger partial charge in [-0.1, -0.05) is 12.1 Å². The number of H-pyrrole nitrogens is 1. The smallest absolute Gasteiger partial charge is 0.242 e. The molecule has 0 aliphatic rings. The molecule has 3 N–H and O–H groups in total. The number of rotatable bonds is 5. The number of aryl methyl sites for hydroxylation is 3. The maximum Gasteiger partial charge on any atom is 0.242 e. The monoisotopic (exact) mass is 310 g/mol. The summed E-state index contributed by atoms with van der Waals surface area (Å²) in [5.74, 6) is 1.04. The maximum absolute atomic E-state index is 11.9. The maximum atomic E-state index is 11.9. The van der Waals surface area contributed by atoms with Crippen molar-refractivity contribution >= 4 is 22.9 Å². The molecule has 0 atom stereocenters. The molecule has 0 aliphatic carbocycles. The third-order valence-electron chi connectivity index (χ3n) is 3.32. The van der Waals surface area contributed by atoms with Crippen LogP contribution in [-0.4, -0.2) is 25.8 Å². The highest BCUT2D eigenvalue weighted by molar-refractivity contribution is 5.78. The average molecular weight is 310 g/mol. The summed E-state index contributed by atoms with van der Waals surface area (Å²) in [5.41, 5.74) is 8.91. The minimum absolute atomic E-state index is 0.145. The molecule has 23 heavy (non-hydrogen) atoms. The molecule has 1 amide bonds. The zero-order valence-electron chi connectivity index (χ0n) is 13.1. The molecule has 3 rings (SSSR count). The van der Waals surface area contributed by atoms with E-state index < -0.39 is 0 Å². The number of carbonyl (C=O) groups is 1. The Morgan fingerprint density at radius 1 is 1.13 bits per heavy atom. The summed E-state index contributed by atoms with van der Waals surface area (Å²) in [5, 5.41) is 0. The van der Waals surface area contributed by atoms with Gasteiger partial charge >= 0.3 is 0 Å². The number of benzene rings is 1. The molecule has 0 aliphatic heterocycles. The Labute approximate surface area is 133 Å². The fourth-order valence-electron chi connectivity index (χ4n) is 2.33. The molecule has 0 unspecified atom stereocenters. The summed E-state index contributed by atoms with van der Waals surface area (Å²) in [6.07, 6.45) is 0.855. The van der Waals surface area contributed by atoms with Crippen LogP contribution >= 0.6 is 0 Å². The van der Waals surface area contributed by atoms with E-state index in [2.05, 4.69) is 30.8 Å². The molecule has 2 heterocycles. The zero-order chi connectivity index (χ0) is 16.2. The van der Waals surface area contributed by atoms with Crippen LogP contribution in [0.4, 0.5) is 5.95 Å². The van der Waals surface area contributed by atoms with E-state index in [1.54, 1.807) is 0 Å². The number of imidazole rings is 1. The van der Waals surface area contributed by atoms with Crippen LogP contribution in [0.5, 0.6) is 0 Å². The van der Waals surface area contributed by atoms with Crippen molar-refractivity contribution < 1.29 is 4.79 Å². The number of hydrazine groups is 1. The SMILES string of the molecule is Cc1cc(C)nc(NNC(=O)CCc2nc3ccccc3[nH]2)n1. The molecular formula is C16H18N6O. The molecule has 0 saturated carbocycles. The van der Waals surface area contributed by atoms with Crippen molar-refractivity contribution in [3.63, 3.8) is 0 Å². The number of anilines is 1. The molecule has 7 nitrogen and oxygen atoms in total. The molecule has 2 aromatic heterocycles. The first-order chi connectivity index (χ1) is 11.1. The standard InChI is InChI=1S/C16H18N6O/c1-10-9-11(2)18-16(17-10)22-21-15(23)8-7-14-19-12-5-3-4-6-13(12)20-14/h3-6,9H,7-8H2,1-2H3,(H,19,20)(H,21,23)(H,17,18,22). The van der Waals surface area contributed by atoms with E-state index in [1.807, 2.05) is 44.2 Å². The average Bonchev–Trinajstić information content (AvgIpc) is 2.93. The first kappa shape index (κ1) is 15.0. The summed E-state index contributed by atoms with van der Waals surface area (Å²) in [7, 11) is 0. The van der Waals surface area contributed by atoms with Crippen LogP contribution in [0.25, 0.3) is 11.0 Å². The van der Waals surface area contributed by atoms with Gasteiger partial charge in [-0.2, -0.15) is 0 Å². The van der Waals surface area contributed by atoms with Gasteiger partial charge in [0.2, 0.25) is 11.9 Å². The van der Waals surface area contributed by atoms with Crippen molar-refractivity contribution in [2.75, 3.05) is 5.43 Å². The highest BCUT2D eigenvalue weighted by Gasteiger charge is 2.07. The van der Waals surface area contributed by atoms with Crippen molar-refractivity contribution in [2.45, 2.75) is 26.7 Å². The first-order valence-corrected chi connectivity index (χ1v) is 7.41. The van der Waals surface area contributed by atoms with E-state index in [1.165, 1.54) is 0 Å². The molecule has 0 bridgehead atoms. The van der Waals surface area contributed by atoms with E-state index in [0.717, 1.165) is 28.2 Å². The van der Waals surface area contributed by atoms with E-state index in [-0.39, 0.29) is 5.91 Å². The summed E-state index contributed by atoms with van der Waals surface area (Å²) >= 11 is 0. The third kappa shape index (κ3) is 3.82. The molecule has 7 heteroatoms. The minimum atomic E-state index is -0.145. The quantitative estimate of drug-likeness (QED) is 0.627. The fourth-order valence-corrected chi connectivity index (χ4v) is 2.33. The largest absolute Gasteiger partial charge is 0.342 e. The van der Waals surface area contributed by atoms with Crippen molar-refractivity contribution in [2.24, 2.45) is 0 Å². The predicted molar refractivity (Wildman–Crippen MR) is 87.7 cm³/mol. The number of nitrogens with one attached hydrogen (secondary N) is 3. The van der Waals surface area contributed by atoms with Gasteiger partial charge in [0.15, 0.2) is 0 Å². The van der Waals surface area contributed by atoms with Crippen LogP contribution < -0.4 is 10.9 Å². The van der Waals surface area contributed by atoms with Crippen molar-refractivity contribution in [1.29, 1.82) is 0 Å². The van der Waals surface area contributed by atoms with Crippen molar-refractivity contribution in [1.82, 2.24) is 25.4 Å². The highest BCUT2D eigenvalue weighted by Crippen LogP contribution is 2.11. The van der Waals surface area contributed by atoms with Gasteiger partial charge in [0.25, 0.3) is 0 Å². The van der Waals surface area contributed by atoms with E-state index >= 15 is 0 Å². The Balaban J connectivity index is 1.53. The van der Waals surface area contributed by atoms with E-state index in [9.17, 15) is 4.79 Å². The van der Waals surface area contributed by atoms with Gasteiger partial charge in [-0.25, -0.2) is 15.0 Å². The lowest BCUT2D eigenvalue weighted by Gasteiger charge is -2.07. The summed E-state index contributed by atoms with van der Waals surface area (Å²) in [4.78, 5) is 27.9. The second-order valence-electron chi connectivity index (χ2n) is 5.35. The Morgan fingerprint density at radius 2 is 1.87 bits per heavy atom. The van der Waals surface area contributed by atoms with Crippen LogP contribution in [0, 0.1) is 13.8 Å². The second-order valence-corrected chi connectivity index (χ2v) is 5.35. The zero-order valence-corrected chi connectivity index (χ0v) is 13.1. The van der Waals surface area contributed by atoms with Gasteiger partial charge in [0.1, 0.15) is 5.82 Å². The van der Waals surface area contributed by atoms with Gasteiger partial charge in [0.05, 0.1) is 11.0 Å². The van der Waals surface area contributed by atoms with Crippen LogP contribution in [-0.2, 0) is 11.2 Å². The lowest BCUT2D eigenvalue weighted by Crippen LogP contribution is -2.30.